The van der Waals surface area contributed by atoms with E-state index in [1.165, 1.54) is 4.57 Å². The van der Waals surface area contributed by atoms with Crippen molar-refractivity contribution in [3.8, 4) is 5.75 Å². The highest BCUT2D eigenvalue weighted by Gasteiger charge is 2.38. The molecule has 0 saturated carbocycles. The lowest BCUT2D eigenvalue weighted by Gasteiger charge is -2.28. The van der Waals surface area contributed by atoms with Crippen LogP contribution in [0.15, 0.2) is 75.7 Å². The molecule has 2 aliphatic rings. The standard InChI is InChI=1S/C31H26ClN3O5S/c1-4-8-21-25(30(38)40-5-2)26(23-18-10-7-6-9-16(18)11-14-22(23)39-3)35-29(37)27(41-31(35)34-21)24-19-15-17(32)12-13-20(19)33-28(24)36/h6-7,9-15,26H,4-5,8H2,1-3H3,(H,33,36)/b27-24-/t26-/m1/s1. The molecule has 208 valence electrons. The Hall–Kier alpha value is -4.21. The van der Waals surface area contributed by atoms with Crippen molar-refractivity contribution in [3.63, 3.8) is 0 Å². The third-order valence-electron chi connectivity index (χ3n) is 7.25. The fourth-order valence-electron chi connectivity index (χ4n) is 5.54. The number of nitrogens with one attached hydrogen (secondary N) is 1. The molecule has 2 aliphatic heterocycles. The number of amides is 1. The largest absolute Gasteiger partial charge is 0.496 e. The second kappa shape index (κ2) is 10.6. The van der Waals surface area contributed by atoms with Gasteiger partial charge >= 0.3 is 5.97 Å². The summed E-state index contributed by atoms with van der Waals surface area (Å²) in [5.74, 6) is -0.430. The van der Waals surface area contributed by atoms with E-state index in [1.807, 2.05) is 43.3 Å². The molecule has 4 aromatic rings. The summed E-state index contributed by atoms with van der Waals surface area (Å²) in [7, 11) is 1.56. The number of thiazole rings is 1. The van der Waals surface area contributed by atoms with E-state index in [0.29, 0.717) is 44.5 Å². The summed E-state index contributed by atoms with van der Waals surface area (Å²) in [6.45, 7) is 3.90. The van der Waals surface area contributed by atoms with Crippen molar-refractivity contribution < 1.29 is 19.1 Å². The molecule has 6 rings (SSSR count). The molecule has 0 radical (unpaired) electrons. The quantitative estimate of drug-likeness (QED) is 0.329. The van der Waals surface area contributed by atoms with Crippen LogP contribution < -0.4 is 24.9 Å². The van der Waals surface area contributed by atoms with Gasteiger partial charge in [-0.1, -0.05) is 66.6 Å². The van der Waals surface area contributed by atoms with Gasteiger partial charge < -0.3 is 14.8 Å². The second-order valence-electron chi connectivity index (χ2n) is 9.66. The molecule has 0 aliphatic carbocycles. The van der Waals surface area contributed by atoms with Crippen molar-refractivity contribution in [2.75, 3.05) is 19.0 Å². The van der Waals surface area contributed by atoms with Gasteiger partial charge in [-0.2, -0.15) is 0 Å². The highest BCUT2D eigenvalue weighted by molar-refractivity contribution is 7.07. The van der Waals surface area contributed by atoms with E-state index in [-0.39, 0.29) is 22.3 Å². The molecule has 8 nitrogen and oxygen atoms in total. The molecule has 0 spiro atoms. The zero-order chi connectivity index (χ0) is 28.8. The number of esters is 1. The van der Waals surface area contributed by atoms with Gasteiger partial charge in [-0.25, -0.2) is 9.79 Å². The second-order valence-corrected chi connectivity index (χ2v) is 11.1. The lowest BCUT2D eigenvalue weighted by Crippen LogP contribution is -2.41. The molecule has 1 N–H and O–H groups in total. The lowest BCUT2D eigenvalue weighted by atomic mass is 9.90. The molecule has 3 heterocycles. The molecular weight excluding hydrogens is 562 g/mol. The van der Waals surface area contributed by atoms with Crippen LogP contribution in [0, 0.1) is 0 Å². The predicted octanol–water partition coefficient (Wildman–Crippen LogP) is 4.72. The van der Waals surface area contributed by atoms with Crippen LogP contribution in [0.1, 0.15) is 43.9 Å². The Morgan fingerprint density at radius 3 is 2.68 bits per heavy atom. The van der Waals surface area contributed by atoms with Crippen LogP contribution in [-0.4, -0.2) is 30.2 Å². The van der Waals surface area contributed by atoms with Crippen molar-refractivity contribution in [2.45, 2.75) is 32.7 Å². The third kappa shape index (κ3) is 4.36. The zero-order valence-electron chi connectivity index (χ0n) is 22.6. The summed E-state index contributed by atoms with van der Waals surface area (Å²) in [5, 5.41) is 5.02. The highest BCUT2D eigenvalue weighted by Crippen LogP contribution is 2.41. The van der Waals surface area contributed by atoms with Gasteiger partial charge in [0.25, 0.3) is 11.5 Å². The Balaban J connectivity index is 1.76. The maximum absolute atomic E-state index is 14.4. The maximum Gasteiger partial charge on any atom is 0.338 e. The average molecular weight is 588 g/mol. The summed E-state index contributed by atoms with van der Waals surface area (Å²) in [4.78, 5) is 46.5. The van der Waals surface area contributed by atoms with Crippen molar-refractivity contribution in [2.24, 2.45) is 4.99 Å². The number of hydrogen-bond acceptors (Lipinski definition) is 7. The summed E-state index contributed by atoms with van der Waals surface area (Å²) < 4.78 is 13.1. The van der Waals surface area contributed by atoms with Gasteiger partial charge in [0.2, 0.25) is 0 Å². The van der Waals surface area contributed by atoms with E-state index < -0.39 is 23.5 Å². The fraction of sp³-hybridized carbons (Fsp3) is 0.226. The first-order chi connectivity index (χ1) is 19.9. The van der Waals surface area contributed by atoms with Gasteiger partial charge in [0, 0.05) is 21.8 Å². The number of carbonyl (C=O) groups is 2. The first-order valence-corrected chi connectivity index (χ1v) is 14.5. The molecule has 0 fully saturated rings. The average Bonchev–Trinajstić information content (AvgIpc) is 3.46. The molecule has 0 saturated heterocycles. The van der Waals surface area contributed by atoms with Gasteiger partial charge in [0.1, 0.15) is 16.3 Å². The molecule has 0 unspecified atom stereocenters. The Morgan fingerprint density at radius 1 is 1.12 bits per heavy atom. The number of nitrogens with zero attached hydrogens (tertiary/aromatic N) is 2. The van der Waals surface area contributed by atoms with Crippen molar-refractivity contribution in [1.29, 1.82) is 0 Å². The van der Waals surface area contributed by atoms with E-state index in [2.05, 4.69) is 5.32 Å². The number of ether oxygens (including phenoxy) is 2. The predicted molar refractivity (Wildman–Crippen MR) is 159 cm³/mol. The number of halogens is 1. The Bertz CT molecular complexity index is 1970. The van der Waals surface area contributed by atoms with Crippen molar-refractivity contribution >= 4 is 56.8 Å². The minimum atomic E-state index is -0.898. The molecule has 1 atom stereocenters. The minimum Gasteiger partial charge on any atom is -0.496 e. The van der Waals surface area contributed by atoms with Crippen LogP contribution in [0.2, 0.25) is 5.02 Å². The number of carbonyl (C=O) groups excluding carboxylic acids is 2. The van der Waals surface area contributed by atoms with E-state index in [9.17, 15) is 14.4 Å². The van der Waals surface area contributed by atoms with Crippen molar-refractivity contribution in [1.82, 2.24) is 4.57 Å². The number of allylic oxidation sites excluding steroid dienone is 1. The van der Waals surface area contributed by atoms with Gasteiger partial charge in [-0.15, -0.1) is 0 Å². The van der Waals surface area contributed by atoms with Gasteiger partial charge in [-0.3, -0.25) is 14.2 Å². The van der Waals surface area contributed by atoms with Crippen LogP contribution in [0.25, 0.3) is 16.3 Å². The molecule has 41 heavy (non-hydrogen) atoms. The molecule has 10 heteroatoms. The maximum atomic E-state index is 14.4. The third-order valence-corrected chi connectivity index (χ3v) is 8.53. The number of rotatable bonds is 6. The smallest absolute Gasteiger partial charge is 0.338 e. The number of methoxy groups -OCH3 is 1. The number of fused-ring (bicyclic) bond motifs is 3. The van der Waals surface area contributed by atoms with Crippen LogP contribution in [0.3, 0.4) is 0 Å². The fourth-order valence-corrected chi connectivity index (χ4v) is 6.83. The highest BCUT2D eigenvalue weighted by atomic mass is 35.5. The van der Waals surface area contributed by atoms with E-state index in [1.54, 1.807) is 32.2 Å². The molecule has 1 amide bonds. The zero-order valence-corrected chi connectivity index (χ0v) is 24.2. The first kappa shape index (κ1) is 27.0. The van der Waals surface area contributed by atoms with Gasteiger partial charge in [-0.05, 0) is 48.4 Å². The molecule has 1 aromatic heterocycles. The molecule has 0 bridgehead atoms. The summed E-state index contributed by atoms with van der Waals surface area (Å²) in [6, 6.07) is 15.7. The SMILES string of the molecule is CCCC1=C(C(=O)OCC)[C@@H](c2c(OC)ccc3ccccc23)n2c(s/c(=C3\C(=O)Nc4ccc(Cl)cc43)c2=O)=N1. The van der Waals surface area contributed by atoms with E-state index in [4.69, 9.17) is 26.1 Å². The van der Waals surface area contributed by atoms with Crippen LogP contribution in [0.4, 0.5) is 5.69 Å². The number of anilines is 1. The molecular formula is C31H26ClN3O5S. The van der Waals surface area contributed by atoms with Crippen LogP contribution in [0.5, 0.6) is 5.75 Å². The number of benzene rings is 3. The monoisotopic (exact) mass is 587 g/mol. The van der Waals surface area contributed by atoms with Gasteiger partial charge in [0.15, 0.2) is 4.80 Å². The summed E-state index contributed by atoms with van der Waals surface area (Å²) in [5.41, 5.74) is 2.39. The Labute approximate surface area is 244 Å². The number of aromatic nitrogens is 1. The first-order valence-electron chi connectivity index (χ1n) is 13.3. The van der Waals surface area contributed by atoms with Crippen LogP contribution >= 0.6 is 22.9 Å². The Kier molecular flexibility index (Phi) is 7.01. The van der Waals surface area contributed by atoms with E-state index >= 15 is 0 Å². The van der Waals surface area contributed by atoms with Crippen LogP contribution in [-0.2, 0) is 14.3 Å². The Morgan fingerprint density at radius 2 is 1.93 bits per heavy atom. The number of hydrogen-bond donors (Lipinski definition) is 1. The normalized spacial score (nSPS) is 17.2. The summed E-state index contributed by atoms with van der Waals surface area (Å²) in [6.07, 6.45) is 1.21. The minimum absolute atomic E-state index is 0.160. The molecule has 3 aromatic carbocycles. The topological polar surface area (TPSA) is 99.0 Å². The van der Waals surface area contributed by atoms with Crippen molar-refractivity contribution in [3.05, 3.63) is 102 Å². The lowest BCUT2D eigenvalue weighted by molar-refractivity contribution is -0.139. The van der Waals surface area contributed by atoms with E-state index in [0.717, 1.165) is 28.5 Å². The summed E-state index contributed by atoms with van der Waals surface area (Å²) >= 11 is 7.39. The van der Waals surface area contributed by atoms with Gasteiger partial charge in [0.05, 0.1) is 30.6 Å².